The van der Waals surface area contributed by atoms with E-state index in [1.54, 1.807) is 12.1 Å². The highest BCUT2D eigenvalue weighted by atomic mass is 19.1. The molecule has 0 amide bonds. The van der Waals surface area contributed by atoms with Gasteiger partial charge in [0.1, 0.15) is 0 Å². The zero-order valence-electron chi connectivity index (χ0n) is 11.8. The Morgan fingerprint density at radius 3 is 2.71 bits per heavy atom. The molecule has 0 fully saturated rings. The molecule has 2 aromatic carbocycles. The van der Waals surface area contributed by atoms with Crippen LogP contribution >= 0.6 is 0 Å². The number of methoxy groups -OCH3 is 1. The van der Waals surface area contributed by atoms with Crippen molar-refractivity contribution in [2.45, 2.75) is 12.8 Å². The van der Waals surface area contributed by atoms with Crippen LogP contribution in [0.15, 0.2) is 36.4 Å². The van der Waals surface area contributed by atoms with Crippen LogP contribution in [0.25, 0.3) is 0 Å². The average molecular weight is 285 g/mol. The topological polar surface area (TPSA) is 38.3 Å². The molecule has 0 radical (unpaired) electrons. The fraction of sp³-hybridized carbons (Fsp3) is 0.235. The van der Waals surface area contributed by atoms with Gasteiger partial charge in [0.05, 0.1) is 7.11 Å². The number of fused-ring (bicyclic) bond motifs is 1. The van der Waals surface area contributed by atoms with Crippen molar-refractivity contribution in [1.82, 2.24) is 0 Å². The van der Waals surface area contributed by atoms with E-state index in [0.29, 0.717) is 11.1 Å². The molecule has 0 spiro atoms. The molecular weight excluding hydrogens is 269 g/mol. The normalized spacial score (nSPS) is 13.2. The lowest BCUT2D eigenvalue weighted by molar-refractivity contribution is 0.103. The van der Waals surface area contributed by atoms with E-state index in [4.69, 9.17) is 4.74 Å². The number of hydrogen-bond donors (Lipinski definition) is 1. The molecule has 4 heteroatoms. The second-order valence-electron chi connectivity index (χ2n) is 5.08. The van der Waals surface area contributed by atoms with Gasteiger partial charge in [-0.2, -0.15) is 0 Å². The maximum atomic E-state index is 13.7. The molecule has 3 nitrogen and oxygen atoms in total. The zero-order valence-corrected chi connectivity index (χ0v) is 11.8. The summed E-state index contributed by atoms with van der Waals surface area (Å²) >= 11 is 0. The second-order valence-corrected chi connectivity index (χ2v) is 5.08. The molecule has 1 heterocycles. The van der Waals surface area contributed by atoms with Crippen molar-refractivity contribution in [2.24, 2.45) is 0 Å². The lowest BCUT2D eigenvalue weighted by Gasteiger charge is -2.18. The van der Waals surface area contributed by atoms with Gasteiger partial charge in [-0.15, -0.1) is 0 Å². The van der Waals surface area contributed by atoms with Gasteiger partial charge < -0.3 is 10.1 Å². The van der Waals surface area contributed by atoms with E-state index in [-0.39, 0.29) is 11.5 Å². The SMILES string of the molecule is COc1ccc(C(=O)c2ccc3c(c2)CCCN3)cc1F. The number of ether oxygens (including phenoxy) is 1. The Balaban J connectivity index is 1.93. The van der Waals surface area contributed by atoms with Gasteiger partial charge in [-0.05, 0) is 54.8 Å². The minimum atomic E-state index is -0.525. The number of carbonyl (C=O) groups excluding carboxylic acids is 1. The van der Waals surface area contributed by atoms with Crippen molar-refractivity contribution >= 4 is 11.5 Å². The van der Waals surface area contributed by atoms with Crippen LogP contribution < -0.4 is 10.1 Å². The van der Waals surface area contributed by atoms with E-state index >= 15 is 0 Å². The third kappa shape index (κ3) is 2.61. The largest absolute Gasteiger partial charge is 0.494 e. The van der Waals surface area contributed by atoms with Crippen molar-refractivity contribution in [3.63, 3.8) is 0 Å². The summed E-state index contributed by atoms with van der Waals surface area (Å²) in [6.45, 7) is 0.962. The van der Waals surface area contributed by atoms with Gasteiger partial charge in [-0.1, -0.05) is 0 Å². The highest BCUT2D eigenvalue weighted by Crippen LogP contribution is 2.25. The van der Waals surface area contributed by atoms with E-state index in [1.165, 1.54) is 19.2 Å². The summed E-state index contributed by atoms with van der Waals surface area (Å²) < 4.78 is 18.6. The maximum absolute atomic E-state index is 13.7. The number of halogens is 1. The Bertz CT molecular complexity index is 697. The molecule has 0 bridgehead atoms. The standard InChI is InChI=1S/C17H16FNO2/c1-21-16-7-5-13(10-14(16)18)17(20)12-4-6-15-11(9-12)3-2-8-19-15/h4-7,9-10,19H,2-3,8H2,1H3. The van der Waals surface area contributed by atoms with Gasteiger partial charge in [-0.25, -0.2) is 4.39 Å². The van der Waals surface area contributed by atoms with Gasteiger partial charge in [0.2, 0.25) is 0 Å². The Morgan fingerprint density at radius 2 is 1.95 bits per heavy atom. The number of carbonyl (C=O) groups is 1. The number of anilines is 1. The fourth-order valence-corrected chi connectivity index (χ4v) is 2.59. The van der Waals surface area contributed by atoms with E-state index in [2.05, 4.69) is 5.32 Å². The number of ketones is 1. The van der Waals surface area contributed by atoms with E-state index in [0.717, 1.165) is 30.6 Å². The number of rotatable bonds is 3. The molecule has 0 unspecified atom stereocenters. The third-order valence-corrected chi connectivity index (χ3v) is 3.72. The molecule has 1 N–H and O–H groups in total. The van der Waals surface area contributed by atoms with E-state index in [9.17, 15) is 9.18 Å². The van der Waals surface area contributed by atoms with Crippen LogP contribution in [-0.2, 0) is 6.42 Å². The molecule has 3 rings (SSSR count). The molecule has 0 aromatic heterocycles. The van der Waals surface area contributed by atoms with Crippen molar-refractivity contribution in [3.05, 3.63) is 58.9 Å². The van der Waals surface area contributed by atoms with Gasteiger partial charge in [-0.3, -0.25) is 4.79 Å². The van der Waals surface area contributed by atoms with Gasteiger partial charge >= 0.3 is 0 Å². The minimum Gasteiger partial charge on any atom is -0.494 e. The van der Waals surface area contributed by atoms with Crippen molar-refractivity contribution in [3.8, 4) is 5.75 Å². The smallest absolute Gasteiger partial charge is 0.193 e. The molecular formula is C17H16FNO2. The summed E-state index contributed by atoms with van der Waals surface area (Å²) in [5.41, 5.74) is 3.14. The van der Waals surface area contributed by atoms with Crippen LogP contribution in [0.4, 0.5) is 10.1 Å². The molecule has 0 aliphatic carbocycles. The lowest BCUT2D eigenvalue weighted by atomic mass is 9.96. The minimum absolute atomic E-state index is 0.140. The Kier molecular flexibility index (Phi) is 3.60. The molecule has 21 heavy (non-hydrogen) atoms. The highest BCUT2D eigenvalue weighted by molar-refractivity contribution is 6.09. The van der Waals surface area contributed by atoms with Gasteiger partial charge in [0, 0.05) is 23.4 Å². The Morgan fingerprint density at radius 1 is 1.19 bits per heavy atom. The van der Waals surface area contributed by atoms with Crippen LogP contribution in [0.1, 0.15) is 27.9 Å². The molecule has 0 atom stereocenters. The van der Waals surface area contributed by atoms with E-state index < -0.39 is 5.82 Å². The molecule has 108 valence electrons. The average Bonchev–Trinajstić information content (AvgIpc) is 2.53. The molecule has 2 aromatic rings. The lowest BCUT2D eigenvalue weighted by Crippen LogP contribution is -2.13. The monoisotopic (exact) mass is 285 g/mol. The van der Waals surface area contributed by atoms with Gasteiger partial charge in [0.25, 0.3) is 0 Å². The number of nitrogens with one attached hydrogen (secondary N) is 1. The Hall–Kier alpha value is -2.36. The molecule has 0 saturated carbocycles. The van der Waals surface area contributed by atoms with Crippen molar-refractivity contribution < 1.29 is 13.9 Å². The Labute approximate surface area is 122 Å². The second kappa shape index (κ2) is 5.56. The van der Waals surface area contributed by atoms with E-state index in [1.807, 2.05) is 12.1 Å². The highest BCUT2D eigenvalue weighted by Gasteiger charge is 2.15. The third-order valence-electron chi connectivity index (χ3n) is 3.72. The predicted molar refractivity (Wildman–Crippen MR) is 79.6 cm³/mol. The van der Waals surface area contributed by atoms with Crippen molar-refractivity contribution in [2.75, 3.05) is 19.0 Å². The van der Waals surface area contributed by atoms with Crippen LogP contribution in [0.2, 0.25) is 0 Å². The summed E-state index contributed by atoms with van der Waals surface area (Å²) in [7, 11) is 1.40. The molecule has 1 aliphatic rings. The predicted octanol–water partition coefficient (Wildman–Crippen LogP) is 3.42. The first-order valence-electron chi connectivity index (χ1n) is 6.94. The number of aryl methyl sites for hydroxylation is 1. The summed E-state index contributed by atoms with van der Waals surface area (Å²) in [6.07, 6.45) is 2.02. The first kappa shape index (κ1) is 13.6. The number of benzene rings is 2. The summed E-state index contributed by atoms with van der Waals surface area (Å²) in [5, 5.41) is 3.30. The molecule has 0 saturated heterocycles. The van der Waals surface area contributed by atoms with Gasteiger partial charge in [0.15, 0.2) is 17.3 Å². The number of hydrogen-bond acceptors (Lipinski definition) is 3. The van der Waals surface area contributed by atoms with Crippen LogP contribution in [0.5, 0.6) is 5.75 Å². The van der Waals surface area contributed by atoms with Crippen molar-refractivity contribution in [1.29, 1.82) is 0 Å². The first-order chi connectivity index (χ1) is 10.2. The van der Waals surface area contributed by atoms with Crippen LogP contribution in [0, 0.1) is 5.82 Å². The summed E-state index contributed by atoms with van der Waals surface area (Å²) in [5.74, 6) is -0.561. The quantitative estimate of drug-likeness (QED) is 0.878. The summed E-state index contributed by atoms with van der Waals surface area (Å²) in [6, 6.07) is 9.87. The summed E-state index contributed by atoms with van der Waals surface area (Å²) in [4.78, 5) is 12.5. The fourth-order valence-electron chi connectivity index (χ4n) is 2.59. The maximum Gasteiger partial charge on any atom is 0.193 e. The first-order valence-corrected chi connectivity index (χ1v) is 6.94. The van der Waals surface area contributed by atoms with Crippen LogP contribution in [0.3, 0.4) is 0 Å². The van der Waals surface area contributed by atoms with Crippen LogP contribution in [-0.4, -0.2) is 19.4 Å². The zero-order chi connectivity index (χ0) is 14.8. The molecule has 1 aliphatic heterocycles.